The average Bonchev–Trinajstić information content (AvgIpc) is 3.06. The highest BCUT2D eigenvalue weighted by atomic mass is 16.4. The SMILES string of the molecule is CC(CCC(C)C(C)(C)O)C1CCC2C3CC(O)C4(O)CC(O)CC(O)C4(C)C3CCC12C. The van der Waals surface area contributed by atoms with E-state index in [9.17, 15) is 25.5 Å². The summed E-state index contributed by atoms with van der Waals surface area (Å²) < 4.78 is 0. The molecule has 33 heavy (non-hydrogen) atoms. The molecule has 4 aliphatic rings. The van der Waals surface area contributed by atoms with E-state index >= 15 is 0 Å². The van der Waals surface area contributed by atoms with Gasteiger partial charge < -0.3 is 25.5 Å². The number of fused-ring (bicyclic) bond motifs is 5. The molecule has 0 aromatic rings. The second kappa shape index (κ2) is 8.44. The predicted molar refractivity (Wildman–Crippen MR) is 129 cm³/mol. The number of aliphatic hydroxyl groups excluding tert-OH is 3. The number of rotatable bonds is 5. The molecular weight excluding hydrogens is 416 g/mol. The first kappa shape index (κ1) is 25.9. The van der Waals surface area contributed by atoms with E-state index in [1.807, 2.05) is 20.8 Å². The van der Waals surface area contributed by atoms with Crippen LogP contribution >= 0.6 is 0 Å². The Labute approximate surface area is 201 Å². The monoisotopic (exact) mass is 466 g/mol. The van der Waals surface area contributed by atoms with E-state index in [1.54, 1.807) is 0 Å². The van der Waals surface area contributed by atoms with Gasteiger partial charge in [-0.15, -0.1) is 0 Å². The van der Waals surface area contributed by atoms with E-state index in [-0.39, 0.29) is 30.1 Å². The molecule has 0 saturated heterocycles. The van der Waals surface area contributed by atoms with Crippen molar-refractivity contribution in [1.82, 2.24) is 0 Å². The zero-order valence-electron chi connectivity index (χ0n) is 21.8. The maximum absolute atomic E-state index is 11.6. The van der Waals surface area contributed by atoms with Crippen LogP contribution in [0.3, 0.4) is 0 Å². The molecule has 5 N–H and O–H groups in total. The molecule has 0 amide bonds. The lowest BCUT2D eigenvalue weighted by Gasteiger charge is -2.66. The summed E-state index contributed by atoms with van der Waals surface area (Å²) in [5.74, 6) is 2.50. The molecule has 192 valence electrons. The molecule has 5 nitrogen and oxygen atoms in total. The number of aliphatic hydroxyl groups is 5. The van der Waals surface area contributed by atoms with Gasteiger partial charge in [-0.25, -0.2) is 0 Å². The Hall–Kier alpha value is -0.200. The molecular formula is C28H50O5. The van der Waals surface area contributed by atoms with Crippen LogP contribution in [0.25, 0.3) is 0 Å². The molecule has 0 aliphatic heterocycles. The van der Waals surface area contributed by atoms with Gasteiger partial charge in [0.25, 0.3) is 0 Å². The van der Waals surface area contributed by atoms with Crippen molar-refractivity contribution in [3.63, 3.8) is 0 Å². The fourth-order valence-electron chi connectivity index (χ4n) is 9.37. The van der Waals surface area contributed by atoms with Gasteiger partial charge >= 0.3 is 0 Å². The highest BCUT2D eigenvalue weighted by Gasteiger charge is 2.70. The first-order valence-electron chi connectivity index (χ1n) is 13.6. The molecule has 0 aromatic carbocycles. The lowest BCUT2D eigenvalue weighted by molar-refractivity contribution is -0.294. The van der Waals surface area contributed by atoms with Gasteiger partial charge in [-0.3, -0.25) is 0 Å². The molecule has 4 aliphatic carbocycles. The summed E-state index contributed by atoms with van der Waals surface area (Å²) in [4.78, 5) is 0. The van der Waals surface area contributed by atoms with E-state index in [1.165, 1.54) is 6.42 Å². The van der Waals surface area contributed by atoms with Crippen LogP contribution < -0.4 is 0 Å². The summed E-state index contributed by atoms with van der Waals surface area (Å²) in [6, 6.07) is 0. The van der Waals surface area contributed by atoms with Crippen LogP contribution in [0.1, 0.15) is 99.3 Å². The van der Waals surface area contributed by atoms with Crippen LogP contribution in [0.15, 0.2) is 0 Å². The topological polar surface area (TPSA) is 101 Å². The molecule has 0 aromatic heterocycles. The van der Waals surface area contributed by atoms with Gasteiger partial charge in [0.15, 0.2) is 0 Å². The summed E-state index contributed by atoms with van der Waals surface area (Å²) in [5, 5.41) is 54.6. The minimum Gasteiger partial charge on any atom is -0.393 e. The van der Waals surface area contributed by atoms with E-state index < -0.39 is 34.9 Å². The molecule has 12 unspecified atom stereocenters. The maximum Gasteiger partial charge on any atom is 0.101 e. The Balaban J connectivity index is 1.54. The average molecular weight is 467 g/mol. The van der Waals surface area contributed by atoms with Gasteiger partial charge in [0, 0.05) is 11.8 Å². The van der Waals surface area contributed by atoms with Gasteiger partial charge in [0.05, 0.1) is 23.9 Å². The van der Waals surface area contributed by atoms with Crippen LogP contribution in [0, 0.1) is 46.3 Å². The minimum absolute atomic E-state index is 0.159. The normalized spacial score (nSPS) is 51.9. The van der Waals surface area contributed by atoms with Crippen molar-refractivity contribution in [1.29, 1.82) is 0 Å². The number of hydrogen-bond acceptors (Lipinski definition) is 5. The van der Waals surface area contributed by atoms with Crippen molar-refractivity contribution < 1.29 is 25.5 Å². The fourth-order valence-corrected chi connectivity index (χ4v) is 9.37. The first-order valence-corrected chi connectivity index (χ1v) is 13.6. The summed E-state index contributed by atoms with van der Waals surface area (Å²) in [7, 11) is 0. The largest absolute Gasteiger partial charge is 0.393 e. The van der Waals surface area contributed by atoms with Crippen LogP contribution in [-0.2, 0) is 0 Å². The fraction of sp³-hybridized carbons (Fsp3) is 1.00. The third-order valence-electron chi connectivity index (χ3n) is 11.9. The highest BCUT2D eigenvalue weighted by molar-refractivity contribution is 5.19. The lowest BCUT2D eigenvalue weighted by atomic mass is 9.41. The van der Waals surface area contributed by atoms with Crippen molar-refractivity contribution in [2.75, 3.05) is 0 Å². The molecule has 0 bridgehead atoms. The molecule has 4 saturated carbocycles. The summed E-state index contributed by atoms with van der Waals surface area (Å²) in [6.07, 6.45) is 5.17. The quantitative estimate of drug-likeness (QED) is 0.423. The van der Waals surface area contributed by atoms with Gasteiger partial charge in [-0.1, -0.05) is 34.1 Å². The molecule has 0 heterocycles. The van der Waals surface area contributed by atoms with Crippen molar-refractivity contribution in [3.05, 3.63) is 0 Å². The third-order valence-corrected chi connectivity index (χ3v) is 11.9. The second-order valence-corrected chi connectivity index (χ2v) is 13.8. The zero-order chi connectivity index (χ0) is 24.6. The van der Waals surface area contributed by atoms with Crippen LogP contribution in [0.2, 0.25) is 0 Å². The Bertz CT molecular complexity index is 720. The Morgan fingerprint density at radius 1 is 0.909 bits per heavy atom. The van der Waals surface area contributed by atoms with Gasteiger partial charge in [0.2, 0.25) is 0 Å². The van der Waals surface area contributed by atoms with E-state index in [0.29, 0.717) is 30.1 Å². The zero-order valence-corrected chi connectivity index (χ0v) is 21.8. The van der Waals surface area contributed by atoms with Crippen LogP contribution in [0.5, 0.6) is 0 Å². The first-order chi connectivity index (χ1) is 15.2. The maximum atomic E-state index is 11.6. The van der Waals surface area contributed by atoms with Crippen molar-refractivity contribution >= 4 is 0 Å². The van der Waals surface area contributed by atoms with Crippen molar-refractivity contribution in [2.45, 2.75) is 129 Å². The molecule has 0 spiro atoms. The van der Waals surface area contributed by atoms with Gasteiger partial charge in [0.1, 0.15) is 5.60 Å². The van der Waals surface area contributed by atoms with Crippen molar-refractivity contribution in [3.8, 4) is 0 Å². The second-order valence-electron chi connectivity index (χ2n) is 13.8. The smallest absolute Gasteiger partial charge is 0.101 e. The van der Waals surface area contributed by atoms with E-state index in [0.717, 1.165) is 32.1 Å². The van der Waals surface area contributed by atoms with Crippen LogP contribution in [0.4, 0.5) is 0 Å². The molecule has 4 fully saturated rings. The Morgan fingerprint density at radius 2 is 1.58 bits per heavy atom. The minimum atomic E-state index is -1.42. The predicted octanol–water partition coefficient (Wildman–Crippen LogP) is 3.89. The van der Waals surface area contributed by atoms with E-state index in [4.69, 9.17) is 0 Å². The molecule has 4 rings (SSSR count). The third kappa shape index (κ3) is 3.84. The molecule has 12 atom stereocenters. The summed E-state index contributed by atoms with van der Waals surface area (Å²) >= 11 is 0. The Morgan fingerprint density at radius 3 is 2.21 bits per heavy atom. The van der Waals surface area contributed by atoms with E-state index in [2.05, 4.69) is 20.8 Å². The lowest BCUT2D eigenvalue weighted by Crippen LogP contribution is -2.72. The van der Waals surface area contributed by atoms with Gasteiger partial charge in [-0.05, 0) is 99.7 Å². The number of hydrogen-bond donors (Lipinski definition) is 5. The Kier molecular flexibility index (Phi) is 6.62. The van der Waals surface area contributed by atoms with Crippen LogP contribution in [-0.4, -0.2) is 55.0 Å². The van der Waals surface area contributed by atoms with Crippen molar-refractivity contribution in [2.24, 2.45) is 46.3 Å². The molecule has 5 heteroatoms. The highest BCUT2D eigenvalue weighted by Crippen LogP contribution is 2.69. The summed E-state index contributed by atoms with van der Waals surface area (Å²) in [6.45, 7) is 12.8. The standard InChI is InChI=1S/C28H50O5/c1-16(7-8-17(2)25(3,4)32)20-9-10-21-19-14-24(31)28(33)15-18(29)13-23(30)27(28,6)22(19)11-12-26(20,21)5/h16-24,29-33H,7-15H2,1-6H3. The van der Waals surface area contributed by atoms with Gasteiger partial charge in [-0.2, -0.15) is 0 Å². The summed E-state index contributed by atoms with van der Waals surface area (Å²) in [5.41, 5.74) is -2.61. The molecule has 0 radical (unpaired) electrons.